The second-order valence-electron chi connectivity index (χ2n) is 10.7. The number of anilines is 1. The molecule has 0 atom stereocenters. The highest BCUT2D eigenvalue weighted by Gasteiger charge is 2.27. The van der Waals surface area contributed by atoms with Gasteiger partial charge in [0.05, 0.1) is 30.8 Å². The molecule has 1 saturated heterocycles. The highest BCUT2D eigenvalue weighted by molar-refractivity contribution is 5.78. The predicted molar refractivity (Wildman–Crippen MR) is 145 cm³/mol. The summed E-state index contributed by atoms with van der Waals surface area (Å²) in [5.41, 5.74) is 1.02. The molecule has 214 valence electrons. The topological polar surface area (TPSA) is 106 Å². The SMILES string of the molecule is O=C(CNC1CCC(Oc2cc(-n3c(C(F)F)nc4ccccc43)nc(N3CCOCC3)n2)CC1)NC1CCC1. The average molecular weight is 556 g/mol. The summed E-state index contributed by atoms with van der Waals surface area (Å²) < 4.78 is 41.4. The van der Waals surface area contributed by atoms with E-state index in [0.29, 0.717) is 67.6 Å². The van der Waals surface area contributed by atoms with Crippen LogP contribution in [0.4, 0.5) is 14.7 Å². The highest BCUT2D eigenvalue weighted by Crippen LogP contribution is 2.31. The second kappa shape index (κ2) is 12.0. The molecule has 12 heteroatoms. The average Bonchev–Trinajstić information content (AvgIpc) is 3.35. The van der Waals surface area contributed by atoms with Gasteiger partial charge in [-0.3, -0.25) is 9.36 Å². The van der Waals surface area contributed by atoms with Crippen LogP contribution < -0.4 is 20.3 Å². The van der Waals surface area contributed by atoms with Gasteiger partial charge in [-0.05, 0) is 57.1 Å². The largest absolute Gasteiger partial charge is 0.474 e. The number of imidazole rings is 1. The van der Waals surface area contributed by atoms with Gasteiger partial charge in [0.2, 0.25) is 17.7 Å². The summed E-state index contributed by atoms with van der Waals surface area (Å²) in [5, 5.41) is 6.44. The maximum atomic E-state index is 14.1. The molecule has 2 saturated carbocycles. The van der Waals surface area contributed by atoms with Crippen molar-refractivity contribution >= 4 is 22.9 Å². The quantitative estimate of drug-likeness (QED) is 0.413. The van der Waals surface area contributed by atoms with Gasteiger partial charge < -0.3 is 25.0 Å². The number of benzene rings is 1. The van der Waals surface area contributed by atoms with E-state index in [1.165, 1.54) is 11.0 Å². The van der Waals surface area contributed by atoms with Crippen molar-refractivity contribution in [1.82, 2.24) is 30.2 Å². The van der Waals surface area contributed by atoms with Crippen LogP contribution in [0.3, 0.4) is 0 Å². The molecule has 3 heterocycles. The van der Waals surface area contributed by atoms with Gasteiger partial charge in [-0.1, -0.05) is 12.1 Å². The monoisotopic (exact) mass is 555 g/mol. The molecule has 2 N–H and O–H groups in total. The Bertz CT molecular complexity index is 1320. The minimum Gasteiger partial charge on any atom is -0.474 e. The van der Waals surface area contributed by atoms with Crippen LogP contribution in [-0.4, -0.2) is 76.5 Å². The number of ether oxygens (including phenoxy) is 2. The molecule has 2 aromatic heterocycles. The molecular weight excluding hydrogens is 520 g/mol. The first-order valence-corrected chi connectivity index (χ1v) is 14.2. The van der Waals surface area contributed by atoms with Gasteiger partial charge in [-0.2, -0.15) is 9.97 Å². The molecule has 1 aliphatic heterocycles. The minimum absolute atomic E-state index is 0.0578. The number of aromatic nitrogens is 4. The fourth-order valence-electron chi connectivity index (χ4n) is 5.54. The van der Waals surface area contributed by atoms with Gasteiger partial charge in [-0.15, -0.1) is 0 Å². The first kappa shape index (κ1) is 26.8. The van der Waals surface area contributed by atoms with Crippen LogP contribution in [0.15, 0.2) is 30.3 Å². The van der Waals surface area contributed by atoms with E-state index in [1.807, 2.05) is 4.90 Å². The Labute approximate surface area is 231 Å². The van der Waals surface area contributed by atoms with Crippen LogP contribution in [-0.2, 0) is 9.53 Å². The summed E-state index contributed by atoms with van der Waals surface area (Å²) >= 11 is 0. The van der Waals surface area contributed by atoms with Gasteiger partial charge in [0.25, 0.3) is 6.43 Å². The zero-order chi connectivity index (χ0) is 27.5. The predicted octanol–water partition coefficient (Wildman–Crippen LogP) is 3.54. The summed E-state index contributed by atoms with van der Waals surface area (Å²) in [6, 6.07) is 9.25. The molecule has 0 radical (unpaired) electrons. The number of para-hydroxylation sites is 2. The molecule has 2 aliphatic carbocycles. The number of carbonyl (C=O) groups is 1. The van der Waals surface area contributed by atoms with E-state index in [4.69, 9.17) is 14.5 Å². The lowest BCUT2D eigenvalue weighted by Crippen LogP contribution is -2.46. The lowest BCUT2D eigenvalue weighted by atomic mass is 9.92. The van der Waals surface area contributed by atoms with Gasteiger partial charge >= 0.3 is 0 Å². The Morgan fingerprint density at radius 3 is 2.52 bits per heavy atom. The molecule has 3 fully saturated rings. The number of rotatable bonds is 9. The molecule has 0 spiro atoms. The Balaban J connectivity index is 1.18. The van der Waals surface area contributed by atoms with Crippen molar-refractivity contribution in [3.63, 3.8) is 0 Å². The van der Waals surface area contributed by atoms with Crippen LogP contribution in [0.5, 0.6) is 5.88 Å². The van der Waals surface area contributed by atoms with E-state index in [0.717, 1.165) is 38.5 Å². The summed E-state index contributed by atoms with van der Waals surface area (Å²) in [4.78, 5) is 27.7. The summed E-state index contributed by atoms with van der Waals surface area (Å²) in [6.45, 7) is 2.60. The normalized spacial score (nSPS) is 21.9. The number of hydrogen-bond donors (Lipinski definition) is 2. The van der Waals surface area contributed by atoms with E-state index < -0.39 is 6.43 Å². The Morgan fingerprint density at radius 1 is 1.02 bits per heavy atom. The van der Waals surface area contributed by atoms with E-state index in [9.17, 15) is 13.6 Å². The Hall–Kier alpha value is -3.38. The summed E-state index contributed by atoms with van der Waals surface area (Å²) in [7, 11) is 0. The molecule has 10 nitrogen and oxygen atoms in total. The molecule has 0 bridgehead atoms. The summed E-state index contributed by atoms with van der Waals surface area (Å²) in [6.07, 6.45) is 3.83. The van der Waals surface area contributed by atoms with Crippen molar-refractivity contribution in [2.75, 3.05) is 37.7 Å². The first-order valence-electron chi connectivity index (χ1n) is 14.2. The number of amides is 1. The summed E-state index contributed by atoms with van der Waals surface area (Å²) in [5.74, 6) is 0.750. The number of halogens is 2. The highest BCUT2D eigenvalue weighted by atomic mass is 19.3. The van der Waals surface area contributed by atoms with Crippen molar-refractivity contribution in [3.05, 3.63) is 36.2 Å². The van der Waals surface area contributed by atoms with E-state index in [2.05, 4.69) is 20.6 Å². The molecule has 3 aliphatic rings. The maximum Gasteiger partial charge on any atom is 0.296 e. The van der Waals surface area contributed by atoms with Crippen LogP contribution in [0.25, 0.3) is 16.9 Å². The van der Waals surface area contributed by atoms with Crippen molar-refractivity contribution in [2.45, 2.75) is 69.6 Å². The second-order valence-corrected chi connectivity index (χ2v) is 10.7. The molecule has 1 aromatic carbocycles. The molecule has 1 amide bonds. The van der Waals surface area contributed by atoms with Crippen LogP contribution in [0.2, 0.25) is 0 Å². The van der Waals surface area contributed by atoms with Gasteiger partial charge in [0, 0.05) is 31.2 Å². The minimum atomic E-state index is -2.78. The van der Waals surface area contributed by atoms with Crippen LogP contribution in [0, 0.1) is 0 Å². The Kier molecular flexibility index (Phi) is 8.05. The van der Waals surface area contributed by atoms with Crippen molar-refractivity contribution in [1.29, 1.82) is 0 Å². The van der Waals surface area contributed by atoms with Gasteiger partial charge in [0.1, 0.15) is 11.9 Å². The third-order valence-electron chi connectivity index (χ3n) is 7.97. The zero-order valence-corrected chi connectivity index (χ0v) is 22.4. The van der Waals surface area contributed by atoms with Crippen LogP contribution in [0.1, 0.15) is 57.2 Å². The molecule has 6 rings (SSSR count). The third kappa shape index (κ3) is 6.02. The lowest BCUT2D eigenvalue weighted by Gasteiger charge is -2.31. The molecular formula is C28H35F2N7O3. The van der Waals surface area contributed by atoms with E-state index >= 15 is 0 Å². The first-order chi connectivity index (χ1) is 19.5. The smallest absolute Gasteiger partial charge is 0.296 e. The number of nitrogens with one attached hydrogen (secondary N) is 2. The number of hydrogen-bond acceptors (Lipinski definition) is 8. The zero-order valence-electron chi connectivity index (χ0n) is 22.4. The number of carbonyl (C=O) groups excluding carboxylic acids is 1. The number of morpholine rings is 1. The molecule has 3 aromatic rings. The maximum absolute atomic E-state index is 14.1. The van der Waals surface area contributed by atoms with Gasteiger partial charge in [-0.25, -0.2) is 13.8 Å². The van der Waals surface area contributed by atoms with Crippen molar-refractivity contribution in [3.8, 4) is 11.7 Å². The van der Waals surface area contributed by atoms with Gasteiger partial charge in [0.15, 0.2) is 5.82 Å². The fourth-order valence-corrected chi connectivity index (χ4v) is 5.54. The number of nitrogens with zero attached hydrogens (tertiary/aromatic N) is 5. The van der Waals surface area contributed by atoms with Crippen molar-refractivity contribution in [2.24, 2.45) is 0 Å². The molecule has 40 heavy (non-hydrogen) atoms. The lowest BCUT2D eigenvalue weighted by molar-refractivity contribution is -0.121. The Morgan fingerprint density at radius 2 is 1.80 bits per heavy atom. The fraction of sp³-hybridized carbons (Fsp3) is 0.571. The standard InChI is InChI=1S/C28H35F2N7O3/c29-26(30)27-33-21-6-1-2-7-22(21)37(27)23-16-25(35-28(34-23)36-12-14-39-15-13-36)40-20-10-8-18(9-11-20)31-17-24(38)32-19-4-3-5-19/h1-2,6-7,16,18-20,26,31H,3-5,8-15,17H2,(H,32,38). The molecule has 0 unspecified atom stereocenters. The third-order valence-corrected chi connectivity index (χ3v) is 7.97. The number of fused-ring (bicyclic) bond motifs is 1. The van der Waals surface area contributed by atoms with E-state index in [1.54, 1.807) is 30.3 Å². The van der Waals surface area contributed by atoms with Crippen molar-refractivity contribution < 1.29 is 23.0 Å². The number of alkyl halides is 2. The van der Waals surface area contributed by atoms with Crippen LogP contribution >= 0.6 is 0 Å². The van der Waals surface area contributed by atoms with E-state index in [-0.39, 0.29) is 23.9 Å².